The standard InChI is InChI=1S/C32H37N7O2/c1-22(2)38(24-14-15-24)19-7-11-28(40)37-18-6-8-25(20-37)39-32-29(31(33)34-21-35-32)30(36-39)23-12-16-27(17-13-23)41-26-9-4-3-5-10-26/h3-5,7,9-13,16-17,21-22,24-25H,6,8,14-15,18-20H2,1-2H3,(H2,33,34,35). The van der Waals surface area contributed by atoms with Crippen molar-refractivity contribution in [2.45, 2.75) is 57.7 Å². The van der Waals surface area contributed by atoms with Crippen LogP contribution in [0.4, 0.5) is 5.82 Å². The first-order chi connectivity index (χ1) is 20.0. The Bertz CT molecular complexity index is 1530. The van der Waals surface area contributed by atoms with Gasteiger partial charge in [0.15, 0.2) is 5.65 Å². The highest BCUT2D eigenvalue weighted by atomic mass is 16.5. The second-order valence-corrected chi connectivity index (χ2v) is 11.2. The molecule has 3 heterocycles. The van der Waals surface area contributed by atoms with Crippen LogP contribution in [0.15, 0.2) is 73.1 Å². The Hall–Kier alpha value is -4.24. The van der Waals surface area contributed by atoms with E-state index >= 15 is 0 Å². The van der Waals surface area contributed by atoms with Gasteiger partial charge in [-0.3, -0.25) is 9.69 Å². The van der Waals surface area contributed by atoms with Gasteiger partial charge in [0.1, 0.15) is 29.3 Å². The molecule has 2 fully saturated rings. The molecular weight excluding hydrogens is 514 g/mol. The van der Waals surface area contributed by atoms with Gasteiger partial charge in [0.25, 0.3) is 0 Å². The molecule has 0 spiro atoms. The average Bonchev–Trinajstić information content (AvgIpc) is 3.75. The van der Waals surface area contributed by atoms with Crippen molar-refractivity contribution in [1.29, 1.82) is 0 Å². The van der Waals surface area contributed by atoms with E-state index in [9.17, 15) is 4.79 Å². The van der Waals surface area contributed by atoms with Crippen molar-refractivity contribution in [2.75, 3.05) is 25.4 Å². The van der Waals surface area contributed by atoms with Crippen LogP contribution in [0.2, 0.25) is 0 Å². The molecule has 2 N–H and O–H groups in total. The number of ether oxygens (including phenoxy) is 1. The van der Waals surface area contributed by atoms with E-state index in [0.717, 1.165) is 54.1 Å². The molecule has 4 aromatic rings. The molecule has 0 bridgehead atoms. The van der Waals surface area contributed by atoms with Crippen molar-refractivity contribution in [3.63, 3.8) is 0 Å². The molecule has 1 atom stereocenters. The summed E-state index contributed by atoms with van der Waals surface area (Å²) in [6.07, 6.45) is 9.55. The highest BCUT2D eigenvalue weighted by molar-refractivity contribution is 5.98. The molecule has 1 aliphatic carbocycles. The zero-order valence-electron chi connectivity index (χ0n) is 23.7. The lowest BCUT2D eigenvalue weighted by molar-refractivity contribution is -0.127. The number of nitrogens with zero attached hydrogens (tertiary/aromatic N) is 6. The van der Waals surface area contributed by atoms with Crippen LogP contribution in [0.25, 0.3) is 22.3 Å². The topological polar surface area (TPSA) is 102 Å². The first kappa shape index (κ1) is 27.0. The fraction of sp³-hybridized carbons (Fsp3) is 0.375. The summed E-state index contributed by atoms with van der Waals surface area (Å²) in [5, 5.41) is 5.74. The minimum Gasteiger partial charge on any atom is -0.457 e. The van der Waals surface area contributed by atoms with Crippen molar-refractivity contribution in [2.24, 2.45) is 0 Å². The van der Waals surface area contributed by atoms with Crippen LogP contribution in [0.3, 0.4) is 0 Å². The lowest BCUT2D eigenvalue weighted by atomic mass is 10.1. The second kappa shape index (κ2) is 11.7. The Balaban J connectivity index is 1.21. The molecule has 0 radical (unpaired) electrons. The summed E-state index contributed by atoms with van der Waals surface area (Å²) in [6.45, 7) is 6.56. The van der Waals surface area contributed by atoms with Gasteiger partial charge in [0.05, 0.1) is 11.4 Å². The Labute approximate surface area is 240 Å². The first-order valence-electron chi connectivity index (χ1n) is 14.5. The number of carbonyl (C=O) groups excluding carboxylic acids is 1. The number of aromatic nitrogens is 4. The van der Waals surface area contributed by atoms with Gasteiger partial charge in [0.2, 0.25) is 5.91 Å². The molecule has 1 saturated heterocycles. The minimum absolute atomic E-state index is 0.00837. The van der Waals surface area contributed by atoms with Crippen molar-refractivity contribution < 1.29 is 9.53 Å². The SMILES string of the molecule is CC(C)N(CC=CC(=O)N1CCCC(n2nc(-c3ccc(Oc4ccccc4)cc3)c3c(N)ncnc32)C1)C1CC1. The van der Waals surface area contributed by atoms with Crippen molar-refractivity contribution >= 4 is 22.8 Å². The maximum absolute atomic E-state index is 13.2. The van der Waals surface area contributed by atoms with Gasteiger partial charge in [-0.2, -0.15) is 5.10 Å². The third-order valence-electron chi connectivity index (χ3n) is 7.93. The van der Waals surface area contributed by atoms with Crippen LogP contribution in [0, 0.1) is 0 Å². The number of hydrogen-bond donors (Lipinski definition) is 1. The van der Waals surface area contributed by atoms with E-state index in [0.29, 0.717) is 30.1 Å². The molecule has 41 heavy (non-hydrogen) atoms. The fourth-order valence-electron chi connectivity index (χ4n) is 5.68. The highest BCUT2D eigenvalue weighted by Gasteiger charge is 2.30. The summed E-state index contributed by atoms with van der Waals surface area (Å²) in [5.41, 5.74) is 8.67. The number of nitrogens with two attached hydrogens (primary N) is 1. The summed E-state index contributed by atoms with van der Waals surface area (Å²) in [5.74, 6) is 1.95. The van der Waals surface area contributed by atoms with Crippen LogP contribution in [-0.4, -0.2) is 67.2 Å². The van der Waals surface area contributed by atoms with Gasteiger partial charge < -0.3 is 15.4 Å². The molecule has 9 heteroatoms. The predicted molar refractivity (Wildman–Crippen MR) is 161 cm³/mol. The van der Waals surface area contributed by atoms with E-state index in [-0.39, 0.29) is 11.9 Å². The fourth-order valence-corrected chi connectivity index (χ4v) is 5.68. The quantitative estimate of drug-likeness (QED) is 0.276. The molecule has 1 aliphatic heterocycles. The van der Waals surface area contributed by atoms with Crippen molar-refractivity contribution in [3.8, 4) is 22.8 Å². The normalized spacial score (nSPS) is 17.7. The van der Waals surface area contributed by atoms with Gasteiger partial charge in [0, 0.05) is 43.4 Å². The molecule has 2 aromatic carbocycles. The number of benzene rings is 2. The molecule has 212 valence electrons. The van der Waals surface area contributed by atoms with E-state index in [1.807, 2.05) is 70.3 Å². The van der Waals surface area contributed by atoms with Crippen LogP contribution in [0.1, 0.15) is 45.6 Å². The summed E-state index contributed by atoms with van der Waals surface area (Å²) in [6, 6.07) is 18.6. The number of anilines is 1. The number of rotatable bonds is 9. The monoisotopic (exact) mass is 551 g/mol. The van der Waals surface area contributed by atoms with Gasteiger partial charge in [-0.15, -0.1) is 0 Å². The van der Waals surface area contributed by atoms with E-state index in [4.69, 9.17) is 15.6 Å². The Morgan fingerprint density at radius 1 is 1.07 bits per heavy atom. The third kappa shape index (κ3) is 5.95. The molecule has 2 aromatic heterocycles. The molecule has 6 rings (SSSR count). The van der Waals surface area contributed by atoms with Crippen molar-refractivity contribution in [3.05, 3.63) is 73.1 Å². The van der Waals surface area contributed by atoms with E-state index < -0.39 is 0 Å². The molecular formula is C32H37N7O2. The minimum atomic E-state index is -0.00837. The maximum atomic E-state index is 13.2. The number of hydrogen-bond acceptors (Lipinski definition) is 7. The molecule has 2 aliphatic rings. The number of likely N-dealkylation sites (tertiary alicyclic amines) is 1. The number of piperidine rings is 1. The van der Waals surface area contributed by atoms with Gasteiger partial charge in [-0.25, -0.2) is 14.6 Å². The van der Waals surface area contributed by atoms with Crippen molar-refractivity contribution in [1.82, 2.24) is 29.5 Å². The summed E-state index contributed by atoms with van der Waals surface area (Å²) >= 11 is 0. The first-order valence-corrected chi connectivity index (χ1v) is 14.5. The zero-order valence-corrected chi connectivity index (χ0v) is 23.7. The van der Waals surface area contributed by atoms with Crippen LogP contribution in [-0.2, 0) is 4.79 Å². The van der Waals surface area contributed by atoms with Gasteiger partial charge in [-0.05, 0) is 75.9 Å². The number of fused-ring (bicyclic) bond motifs is 1. The smallest absolute Gasteiger partial charge is 0.246 e. The molecule has 9 nitrogen and oxygen atoms in total. The molecule has 1 unspecified atom stereocenters. The Morgan fingerprint density at radius 2 is 1.83 bits per heavy atom. The summed E-state index contributed by atoms with van der Waals surface area (Å²) in [7, 11) is 0. The highest BCUT2D eigenvalue weighted by Crippen LogP contribution is 2.35. The summed E-state index contributed by atoms with van der Waals surface area (Å²) in [4.78, 5) is 26.4. The van der Waals surface area contributed by atoms with Gasteiger partial charge in [-0.1, -0.05) is 24.3 Å². The largest absolute Gasteiger partial charge is 0.457 e. The second-order valence-electron chi connectivity index (χ2n) is 11.2. The number of amides is 1. The number of nitrogen functional groups attached to an aromatic ring is 1. The third-order valence-corrected chi connectivity index (χ3v) is 7.93. The number of carbonyl (C=O) groups is 1. The van der Waals surface area contributed by atoms with E-state index in [2.05, 4.69) is 28.7 Å². The lowest BCUT2D eigenvalue weighted by Crippen LogP contribution is -2.40. The lowest BCUT2D eigenvalue weighted by Gasteiger charge is -2.32. The molecule has 1 saturated carbocycles. The zero-order chi connectivity index (χ0) is 28.3. The maximum Gasteiger partial charge on any atom is 0.246 e. The van der Waals surface area contributed by atoms with E-state index in [1.165, 1.54) is 19.2 Å². The molecule has 1 amide bonds. The van der Waals surface area contributed by atoms with Crippen LogP contribution < -0.4 is 10.5 Å². The van der Waals surface area contributed by atoms with E-state index in [1.54, 1.807) is 6.08 Å². The Kier molecular flexibility index (Phi) is 7.69. The van der Waals surface area contributed by atoms with Gasteiger partial charge >= 0.3 is 0 Å². The van der Waals surface area contributed by atoms with Crippen LogP contribution in [0.5, 0.6) is 11.5 Å². The average molecular weight is 552 g/mol. The predicted octanol–water partition coefficient (Wildman–Crippen LogP) is 5.46. The van der Waals surface area contributed by atoms with Crippen LogP contribution >= 0.6 is 0 Å². The Morgan fingerprint density at radius 3 is 2.56 bits per heavy atom. The number of para-hydroxylation sites is 1. The summed E-state index contributed by atoms with van der Waals surface area (Å²) < 4.78 is 7.90.